The molecular weight excluding hydrogens is 376 g/mol. The van der Waals surface area contributed by atoms with Crippen molar-refractivity contribution in [1.82, 2.24) is 0 Å². The summed E-state index contributed by atoms with van der Waals surface area (Å²) in [6, 6.07) is 22.7. The van der Waals surface area contributed by atoms with Crippen LogP contribution in [0.5, 0.6) is 11.5 Å². The van der Waals surface area contributed by atoms with Crippen LogP contribution in [-0.2, 0) is 5.41 Å². The molecule has 0 atom stereocenters. The zero-order chi connectivity index (χ0) is 21.6. The molecule has 0 heterocycles. The molecule has 0 radical (unpaired) electrons. The molecule has 0 aliphatic rings. The van der Waals surface area contributed by atoms with Crippen LogP contribution in [0.3, 0.4) is 0 Å². The molecule has 3 aromatic rings. The van der Waals surface area contributed by atoms with E-state index in [2.05, 4.69) is 57.2 Å². The molecule has 0 amide bonds. The molecule has 0 aromatic heterocycles. The highest BCUT2D eigenvalue weighted by Crippen LogP contribution is 2.43. The van der Waals surface area contributed by atoms with E-state index in [1.54, 1.807) is 0 Å². The van der Waals surface area contributed by atoms with Crippen molar-refractivity contribution in [3.63, 3.8) is 0 Å². The average molecular weight is 407 g/mol. The van der Waals surface area contributed by atoms with Gasteiger partial charge in [-0.3, -0.25) is 0 Å². The Morgan fingerprint density at radius 3 is 1.57 bits per heavy atom. The number of hydrogen-bond acceptors (Lipinski definition) is 4. The second-order valence-electron chi connectivity index (χ2n) is 7.59. The maximum absolute atomic E-state index is 9.04. The van der Waals surface area contributed by atoms with Gasteiger partial charge in [-0.1, -0.05) is 42.5 Å². The van der Waals surface area contributed by atoms with E-state index in [1.807, 2.05) is 30.3 Å². The number of rotatable bonds is 9. The van der Waals surface area contributed by atoms with Gasteiger partial charge in [-0.2, -0.15) is 0 Å². The zero-order valence-corrected chi connectivity index (χ0v) is 17.9. The standard InChI is InChI=1S/C26H30O4/c1-19-17-22(29-15-13-27)9-11-24(19)26(3,21-7-5-4-6-8-21)25-12-10-23(18-20(25)2)30-16-14-28/h4-12,17-18,27-28H,13-16H2,1-3H3. The fourth-order valence-corrected chi connectivity index (χ4v) is 4.13. The third-order valence-electron chi connectivity index (χ3n) is 5.54. The molecule has 0 aliphatic carbocycles. The average Bonchev–Trinajstić information content (AvgIpc) is 2.76. The van der Waals surface area contributed by atoms with Gasteiger partial charge >= 0.3 is 0 Å². The van der Waals surface area contributed by atoms with Crippen LogP contribution in [0.4, 0.5) is 0 Å². The Morgan fingerprint density at radius 2 is 1.17 bits per heavy atom. The van der Waals surface area contributed by atoms with E-state index < -0.39 is 0 Å². The van der Waals surface area contributed by atoms with Gasteiger partial charge in [0, 0.05) is 5.41 Å². The Hall–Kier alpha value is -2.82. The van der Waals surface area contributed by atoms with Crippen LogP contribution in [0.2, 0.25) is 0 Å². The van der Waals surface area contributed by atoms with Gasteiger partial charge in [-0.15, -0.1) is 0 Å². The molecule has 3 aromatic carbocycles. The summed E-state index contributed by atoms with van der Waals surface area (Å²) < 4.78 is 11.2. The predicted octanol–water partition coefficient (Wildman–Crippen LogP) is 4.40. The molecule has 2 N–H and O–H groups in total. The minimum absolute atomic E-state index is 0.00751. The Labute approximate surface area is 178 Å². The van der Waals surface area contributed by atoms with Gasteiger partial charge in [0.25, 0.3) is 0 Å². The molecule has 0 bridgehead atoms. The first-order valence-corrected chi connectivity index (χ1v) is 10.3. The van der Waals surface area contributed by atoms with Gasteiger partial charge in [-0.05, 0) is 72.9 Å². The topological polar surface area (TPSA) is 58.9 Å². The minimum Gasteiger partial charge on any atom is -0.491 e. The van der Waals surface area contributed by atoms with Crippen LogP contribution >= 0.6 is 0 Å². The van der Waals surface area contributed by atoms with Crippen LogP contribution in [0.1, 0.15) is 34.7 Å². The molecule has 30 heavy (non-hydrogen) atoms. The smallest absolute Gasteiger partial charge is 0.119 e. The largest absolute Gasteiger partial charge is 0.491 e. The fourth-order valence-electron chi connectivity index (χ4n) is 4.13. The van der Waals surface area contributed by atoms with Gasteiger partial charge in [0.2, 0.25) is 0 Å². The summed E-state index contributed by atoms with van der Waals surface area (Å²) in [5.41, 5.74) is 5.45. The molecule has 0 unspecified atom stereocenters. The van der Waals surface area contributed by atoms with Crippen LogP contribution in [0.15, 0.2) is 66.7 Å². The third-order valence-corrected chi connectivity index (χ3v) is 5.54. The molecule has 0 aliphatic heterocycles. The van der Waals surface area contributed by atoms with Crippen LogP contribution in [-0.4, -0.2) is 36.6 Å². The van der Waals surface area contributed by atoms with E-state index in [4.69, 9.17) is 19.7 Å². The van der Waals surface area contributed by atoms with Crippen molar-refractivity contribution in [2.75, 3.05) is 26.4 Å². The summed E-state index contributed by atoms with van der Waals surface area (Å²) in [7, 11) is 0. The molecule has 4 nitrogen and oxygen atoms in total. The van der Waals surface area contributed by atoms with Gasteiger partial charge in [0.1, 0.15) is 24.7 Å². The molecule has 0 saturated carbocycles. The van der Waals surface area contributed by atoms with E-state index >= 15 is 0 Å². The number of aryl methyl sites for hydroxylation is 2. The minimum atomic E-state index is -0.375. The molecule has 3 rings (SSSR count). The lowest BCUT2D eigenvalue weighted by atomic mass is 9.68. The zero-order valence-electron chi connectivity index (χ0n) is 17.9. The van der Waals surface area contributed by atoms with Crippen molar-refractivity contribution >= 4 is 0 Å². The second-order valence-corrected chi connectivity index (χ2v) is 7.59. The summed E-state index contributed by atoms with van der Waals surface area (Å²) >= 11 is 0. The van der Waals surface area contributed by atoms with E-state index in [9.17, 15) is 0 Å². The first-order valence-electron chi connectivity index (χ1n) is 10.3. The first kappa shape index (κ1) is 21.9. The Bertz CT molecular complexity index is 909. The third kappa shape index (κ3) is 4.50. The van der Waals surface area contributed by atoms with E-state index in [0.717, 1.165) is 22.6 Å². The normalized spacial score (nSPS) is 11.4. The van der Waals surface area contributed by atoms with Gasteiger partial charge in [0.15, 0.2) is 0 Å². The second kappa shape index (κ2) is 9.79. The number of benzene rings is 3. The molecule has 0 fully saturated rings. The lowest BCUT2D eigenvalue weighted by Gasteiger charge is -2.35. The summed E-state index contributed by atoms with van der Waals surface area (Å²) in [5, 5.41) is 18.1. The maximum Gasteiger partial charge on any atom is 0.119 e. The molecule has 0 saturated heterocycles. The Kier molecular flexibility index (Phi) is 7.14. The highest BCUT2D eigenvalue weighted by molar-refractivity contribution is 5.56. The monoisotopic (exact) mass is 406 g/mol. The van der Waals surface area contributed by atoms with Gasteiger partial charge in [0.05, 0.1) is 13.2 Å². The Balaban J connectivity index is 2.12. The van der Waals surface area contributed by atoms with Crippen molar-refractivity contribution in [3.8, 4) is 11.5 Å². The van der Waals surface area contributed by atoms with Crippen molar-refractivity contribution in [2.24, 2.45) is 0 Å². The van der Waals surface area contributed by atoms with Crippen molar-refractivity contribution < 1.29 is 19.7 Å². The summed E-state index contributed by atoms with van der Waals surface area (Å²) in [6.07, 6.45) is 0. The SMILES string of the molecule is Cc1cc(OCCO)ccc1C(C)(c1ccccc1)c1ccc(OCCO)cc1C. The lowest BCUT2D eigenvalue weighted by Crippen LogP contribution is -2.27. The number of hydrogen-bond donors (Lipinski definition) is 2. The van der Waals surface area contributed by atoms with Gasteiger partial charge in [-0.25, -0.2) is 0 Å². The first-order chi connectivity index (χ1) is 14.5. The molecule has 158 valence electrons. The van der Waals surface area contributed by atoms with Crippen molar-refractivity contribution in [1.29, 1.82) is 0 Å². The van der Waals surface area contributed by atoms with Crippen molar-refractivity contribution in [2.45, 2.75) is 26.2 Å². The number of ether oxygens (including phenoxy) is 2. The quantitative estimate of drug-likeness (QED) is 0.517. The summed E-state index contributed by atoms with van der Waals surface area (Å²) in [4.78, 5) is 0. The van der Waals surface area contributed by atoms with E-state index in [1.165, 1.54) is 16.7 Å². The maximum atomic E-state index is 9.04. The van der Waals surface area contributed by atoms with E-state index in [0.29, 0.717) is 0 Å². The molecule has 4 heteroatoms. The molecule has 0 spiro atoms. The van der Waals surface area contributed by atoms with Crippen LogP contribution in [0, 0.1) is 13.8 Å². The lowest BCUT2D eigenvalue weighted by molar-refractivity contribution is 0.201. The Morgan fingerprint density at radius 1 is 0.700 bits per heavy atom. The predicted molar refractivity (Wildman–Crippen MR) is 120 cm³/mol. The number of aliphatic hydroxyl groups excluding tert-OH is 2. The summed E-state index contributed by atoms with van der Waals surface area (Å²) in [5.74, 6) is 1.51. The van der Waals surface area contributed by atoms with E-state index in [-0.39, 0.29) is 31.8 Å². The van der Waals surface area contributed by atoms with Crippen LogP contribution in [0.25, 0.3) is 0 Å². The number of aliphatic hydroxyl groups is 2. The summed E-state index contributed by atoms with van der Waals surface area (Å²) in [6.45, 7) is 6.98. The molecular formula is C26H30O4. The highest BCUT2D eigenvalue weighted by Gasteiger charge is 2.34. The highest BCUT2D eigenvalue weighted by atomic mass is 16.5. The van der Waals surface area contributed by atoms with Gasteiger partial charge < -0.3 is 19.7 Å². The van der Waals surface area contributed by atoms with Crippen molar-refractivity contribution in [3.05, 3.63) is 94.5 Å². The van der Waals surface area contributed by atoms with Crippen LogP contribution < -0.4 is 9.47 Å². The fraction of sp³-hybridized carbons (Fsp3) is 0.308.